The number of hydrogen-bond acceptors (Lipinski definition) is 4. The van der Waals surface area contributed by atoms with Crippen molar-refractivity contribution in [1.29, 1.82) is 0 Å². The first kappa shape index (κ1) is 36.8. The van der Waals surface area contributed by atoms with Gasteiger partial charge in [-0.1, -0.05) is 152 Å². The Balaban J connectivity index is 0.000000303. The Morgan fingerprint density at radius 3 is 0.904 bits per heavy atom. The standard InChI is InChI=1S/C36H30NP2.C9H8O2S2/c1-7-19-31(20-8-1)38(32-21-9-2-10-22-32,33-23-11-3-12-24-33)37-39(34-25-13-4-14-26-34,35-27-15-5-16-28-35)36-29-17-6-18-30-36;10-8(11)6-13-9(12)7-4-2-1-3-5-7/h1-30H;1-5H,6H2,(H,10,11)/q+1;/p-1. The SMILES string of the molecule is O=C([O-])CSC(=S)c1ccccc1.c1ccc(P(=[N+]=P(c2ccccc2)(c2ccccc2)c2ccccc2)(c2ccccc2)c2ccccc2)cc1. The fourth-order valence-corrected chi connectivity index (χ4v) is 16.4. The van der Waals surface area contributed by atoms with E-state index in [0.29, 0.717) is 4.20 Å². The van der Waals surface area contributed by atoms with Gasteiger partial charge in [0, 0.05) is 5.75 Å². The maximum atomic E-state index is 10.1. The van der Waals surface area contributed by atoms with Crippen LogP contribution in [0.3, 0.4) is 0 Å². The smallest absolute Gasteiger partial charge is 0.301 e. The van der Waals surface area contributed by atoms with Gasteiger partial charge in [0.1, 0.15) is 0 Å². The number of nitrogens with zero attached hydrogens (tertiary/aromatic N) is 1. The fraction of sp³-hybridized carbons (Fsp3) is 0.0222. The van der Waals surface area contributed by atoms with Gasteiger partial charge in [-0.2, -0.15) is 0 Å². The maximum absolute atomic E-state index is 10.1. The van der Waals surface area contributed by atoms with Gasteiger partial charge in [-0.05, 0) is 78.4 Å². The van der Waals surface area contributed by atoms with Gasteiger partial charge in [-0.25, -0.2) is 0 Å². The summed E-state index contributed by atoms with van der Waals surface area (Å²) in [5.41, 5.74) is 0.878. The fourth-order valence-electron chi connectivity index (χ4n) is 6.05. The molecule has 0 saturated heterocycles. The van der Waals surface area contributed by atoms with Gasteiger partial charge in [0.25, 0.3) is 0 Å². The zero-order valence-electron chi connectivity index (χ0n) is 28.4. The number of rotatable bonds is 9. The lowest BCUT2D eigenvalue weighted by Crippen LogP contribution is -2.31. The van der Waals surface area contributed by atoms with Crippen LogP contribution in [0.5, 0.6) is 0 Å². The van der Waals surface area contributed by atoms with Crippen molar-refractivity contribution in [3.63, 3.8) is 0 Å². The summed E-state index contributed by atoms with van der Waals surface area (Å²) in [6.07, 6.45) is 0. The van der Waals surface area contributed by atoms with Crippen molar-refractivity contribution in [2.24, 2.45) is 0 Å². The van der Waals surface area contributed by atoms with Gasteiger partial charge in [-0.3, -0.25) is 0 Å². The summed E-state index contributed by atoms with van der Waals surface area (Å²) in [6.45, 7) is 0. The molecule has 7 heteroatoms. The number of thiocarbonyl (C=S) groups is 1. The van der Waals surface area contributed by atoms with Crippen LogP contribution in [0, 0.1) is 0 Å². The Kier molecular flexibility index (Phi) is 12.7. The molecule has 0 N–H and O–H groups in total. The van der Waals surface area contributed by atoms with Crippen LogP contribution in [0.4, 0.5) is 0 Å². The third kappa shape index (κ3) is 8.38. The van der Waals surface area contributed by atoms with Crippen molar-refractivity contribution in [2.75, 3.05) is 5.75 Å². The van der Waals surface area contributed by atoms with Crippen LogP contribution < -0.4 is 41.1 Å². The number of benzene rings is 7. The average molecular weight is 750 g/mol. The molecule has 7 aromatic rings. The Bertz CT molecular complexity index is 1980. The molecule has 0 radical (unpaired) electrons. The summed E-state index contributed by atoms with van der Waals surface area (Å²) < 4.78 is 6.97. The molecule has 7 aromatic carbocycles. The Morgan fingerprint density at radius 1 is 0.442 bits per heavy atom. The summed E-state index contributed by atoms with van der Waals surface area (Å²) in [4.78, 5) is 10.1. The quantitative estimate of drug-likeness (QED) is 0.0887. The minimum Gasteiger partial charge on any atom is -0.549 e. The number of carboxylic acid groups (broad SMARTS) is 1. The van der Waals surface area contributed by atoms with Crippen molar-refractivity contribution in [1.82, 2.24) is 4.17 Å². The van der Waals surface area contributed by atoms with Crippen LogP contribution >= 0.6 is 38.1 Å². The van der Waals surface area contributed by atoms with Crippen molar-refractivity contribution >= 4 is 80.1 Å². The molecule has 0 atom stereocenters. The van der Waals surface area contributed by atoms with Crippen LogP contribution in [-0.4, -0.2) is 15.9 Å². The summed E-state index contributed by atoms with van der Waals surface area (Å²) in [7, 11) is -4.99. The predicted molar refractivity (Wildman–Crippen MR) is 228 cm³/mol. The van der Waals surface area contributed by atoms with Gasteiger partial charge in [0.2, 0.25) is 0 Å². The number of aliphatic carboxylic acids is 1. The lowest BCUT2D eigenvalue weighted by atomic mass is 10.2. The molecule has 0 spiro atoms. The lowest BCUT2D eigenvalue weighted by Gasteiger charge is -2.20. The van der Waals surface area contributed by atoms with Crippen molar-refractivity contribution in [3.05, 3.63) is 218 Å². The number of hydrogen-bond donors (Lipinski definition) is 0. The van der Waals surface area contributed by atoms with Crippen molar-refractivity contribution in [2.45, 2.75) is 0 Å². The highest BCUT2D eigenvalue weighted by atomic mass is 32.2. The van der Waals surface area contributed by atoms with Crippen LogP contribution in [0.1, 0.15) is 5.56 Å². The highest BCUT2D eigenvalue weighted by molar-refractivity contribution is 8.24. The van der Waals surface area contributed by atoms with Crippen LogP contribution in [-0.2, 0) is 4.79 Å². The van der Waals surface area contributed by atoms with Gasteiger partial charge in [0.15, 0.2) is 0 Å². The van der Waals surface area contributed by atoms with Crippen LogP contribution in [0.15, 0.2) is 212 Å². The summed E-state index contributed by atoms with van der Waals surface area (Å²) in [6, 6.07) is 75.0. The zero-order valence-corrected chi connectivity index (χ0v) is 31.8. The van der Waals surface area contributed by atoms with Crippen LogP contribution in [0.25, 0.3) is 0 Å². The van der Waals surface area contributed by atoms with Gasteiger partial charge in [0.05, 0.1) is 42.0 Å². The summed E-state index contributed by atoms with van der Waals surface area (Å²) >= 11 is 6.12. The monoisotopic (exact) mass is 749 g/mol. The molecule has 3 nitrogen and oxygen atoms in total. The number of carbonyl (C=O) groups is 1. The normalized spacial score (nSPS) is 11.0. The number of carboxylic acids is 1. The maximum Gasteiger partial charge on any atom is 0.301 e. The van der Waals surface area contributed by atoms with E-state index in [2.05, 4.69) is 182 Å². The van der Waals surface area contributed by atoms with Crippen LogP contribution in [0.2, 0.25) is 0 Å². The van der Waals surface area contributed by atoms with Gasteiger partial charge in [-0.15, -0.1) is 15.9 Å². The van der Waals surface area contributed by atoms with E-state index in [1.54, 1.807) is 0 Å². The molecule has 256 valence electrons. The van der Waals surface area contributed by atoms with Gasteiger partial charge < -0.3 is 9.90 Å². The third-order valence-electron chi connectivity index (χ3n) is 8.38. The zero-order chi connectivity index (χ0) is 36.1. The highest BCUT2D eigenvalue weighted by Crippen LogP contribution is 2.50. The second-order valence-corrected chi connectivity index (χ2v) is 19.7. The molecular formula is C45H37NO2P2S2. The molecule has 0 amide bonds. The minimum absolute atomic E-state index is 0.0896. The van der Waals surface area contributed by atoms with E-state index in [1.165, 1.54) is 31.8 Å². The minimum atomic E-state index is -2.50. The summed E-state index contributed by atoms with van der Waals surface area (Å²) in [5.74, 6) is -1.18. The Morgan fingerprint density at radius 2 is 0.673 bits per heavy atom. The largest absolute Gasteiger partial charge is 0.549 e. The van der Waals surface area contributed by atoms with E-state index in [4.69, 9.17) is 16.4 Å². The molecule has 0 heterocycles. The number of carbonyl (C=O) groups excluding carboxylic acids is 1. The second-order valence-electron chi connectivity index (χ2n) is 11.7. The molecular weight excluding hydrogens is 713 g/mol. The van der Waals surface area contributed by atoms with Crippen molar-refractivity contribution in [3.8, 4) is 0 Å². The molecule has 0 aliphatic carbocycles. The Labute approximate surface area is 316 Å². The summed E-state index contributed by atoms with van der Waals surface area (Å²) in [5, 5.41) is 17.7. The molecule has 0 saturated carbocycles. The molecule has 7 rings (SSSR count). The van der Waals surface area contributed by atoms with E-state index in [1.807, 2.05) is 30.3 Å². The molecule has 0 aromatic heterocycles. The first-order valence-corrected chi connectivity index (χ1v) is 21.7. The molecule has 0 fully saturated rings. The predicted octanol–water partition coefficient (Wildman–Crippen LogP) is 7.25. The van der Waals surface area contributed by atoms with E-state index in [9.17, 15) is 9.90 Å². The highest BCUT2D eigenvalue weighted by Gasteiger charge is 2.44. The molecule has 0 aliphatic rings. The molecule has 52 heavy (non-hydrogen) atoms. The topological polar surface area (TPSA) is 54.2 Å². The first-order valence-electron chi connectivity index (χ1n) is 16.8. The van der Waals surface area contributed by atoms with E-state index in [0.717, 1.165) is 17.3 Å². The lowest BCUT2D eigenvalue weighted by molar-refractivity contribution is -0.301. The average Bonchev–Trinajstić information content (AvgIpc) is 3.23. The Hall–Kier alpha value is -4.98. The third-order valence-corrected chi connectivity index (χ3v) is 18.3. The number of thioether (sulfide) groups is 1. The molecule has 0 unspecified atom stereocenters. The molecule has 0 bridgehead atoms. The first-order chi connectivity index (χ1) is 25.5. The van der Waals surface area contributed by atoms with E-state index in [-0.39, 0.29) is 5.75 Å². The molecule has 0 aliphatic heterocycles. The van der Waals surface area contributed by atoms with Crippen molar-refractivity contribution < 1.29 is 9.90 Å². The van der Waals surface area contributed by atoms with E-state index >= 15 is 0 Å². The second kappa shape index (κ2) is 18.0. The van der Waals surface area contributed by atoms with Gasteiger partial charge >= 0.3 is 14.1 Å². The van der Waals surface area contributed by atoms with E-state index < -0.39 is 20.1 Å².